The van der Waals surface area contributed by atoms with Crippen LogP contribution in [0.2, 0.25) is 5.02 Å². The van der Waals surface area contributed by atoms with Gasteiger partial charge in [-0.3, -0.25) is 9.69 Å². The van der Waals surface area contributed by atoms with Crippen molar-refractivity contribution >= 4 is 55.2 Å². The maximum atomic E-state index is 13.4. The lowest BCUT2D eigenvalue weighted by molar-refractivity contribution is 0.0896. The fraction of sp³-hybridized carbons (Fsp3) is 0.238. The number of hydrogen-bond acceptors (Lipinski definition) is 5. The largest absolute Gasteiger partial charge is 0.451 e. The zero-order chi connectivity index (χ0) is 19.1. The van der Waals surface area contributed by atoms with Gasteiger partial charge >= 0.3 is 0 Å². The normalized spacial score (nSPS) is 16.8. The topological polar surface area (TPSA) is 55.6 Å². The van der Waals surface area contributed by atoms with E-state index in [2.05, 4.69) is 4.98 Å². The minimum atomic E-state index is -0.220. The Kier molecular flexibility index (Phi) is 4.55. The lowest BCUT2D eigenvalue weighted by Gasteiger charge is -2.22. The summed E-state index contributed by atoms with van der Waals surface area (Å²) >= 11 is 7.74. The third kappa shape index (κ3) is 3.17. The monoisotopic (exact) mass is 412 g/mol. The summed E-state index contributed by atoms with van der Waals surface area (Å²) in [6, 6.07) is 15.0. The van der Waals surface area contributed by atoms with Gasteiger partial charge in [-0.15, -0.1) is 0 Å². The maximum absolute atomic E-state index is 13.4. The van der Waals surface area contributed by atoms with E-state index in [0.29, 0.717) is 33.6 Å². The molecule has 1 saturated heterocycles. The van der Waals surface area contributed by atoms with Crippen LogP contribution in [0.25, 0.3) is 21.2 Å². The molecular formula is C21H17ClN2O3S. The second-order valence-corrected chi connectivity index (χ2v) is 8.20. The first-order valence-electron chi connectivity index (χ1n) is 9.16. The zero-order valence-electron chi connectivity index (χ0n) is 14.9. The second kappa shape index (κ2) is 7.20. The SMILES string of the molecule is O=C(c1cc2ccccc2o1)N(CC1CCCO1)c1nc2c(Cl)cccc2s1. The molecule has 3 heterocycles. The Morgan fingerprint density at radius 2 is 2.14 bits per heavy atom. The number of thiazole rings is 1. The van der Waals surface area contributed by atoms with E-state index < -0.39 is 0 Å². The summed E-state index contributed by atoms with van der Waals surface area (Å²) in [6.07, 6.45) is 1.93. The summed E-state index contributed by atoms with van der Waals surface area (Å²) in [4.78, 5) is 19.7. The molecule has 1 fully saturated rings. The summed E-state index contributed by atoms with van der Waals surface area (Å²) in [7, 11) is 0. The fourth-order valence-electron chi connectivity index (χ4n) is 3.48. The first-order chi connectivity index (χ1) is 13.7. The van der Waals surface area contributed by atoms with E-state index in [1.165, 1.54) is 11.3 Å². The molecule has 4 aromatic rings. The molecule has 1 unspecified atom stereocenters. The zero-order valence-corrected chi connectivity index (χ0v) is 16.5. The Labute approximate surface area is 170 Å². The quantitative estimate of drug-likeness (QED) is 0.442. The number of furan rings is 1. The molecule has 142 valence electrons. The van der Waals surface area contributed by atoms with Crippen molar-refractivity contribution in [2.24, 2.45) is 0 Å². The van der Waals surface area contributed by atoms with Crippen LogP contribution >= 0.6 is 22.9 Å². The number of amides is 1. The molecule has 1 aliphatic heterocycles. The first kappa shape index (κ1) is 17.7. The Balaban J connectivity index is 1.56. The Morgan fingerprint density at radius 3 is 2.93 bits per heavy atom. The molecule has 0 saturated carbocycles. The van der Waals surface area contributed by atoms with E-state index in [1.807, 2.05) is 36.4 Å². The van der Waals surface area contributed by atoms with Crippen molar-refractivity contribution in [1.29, 1.82) is 0 Å². The van der Waals surface area contributed by atoms with Gasteiger partial charge in [-0.25, -0.2) is 4.98 Å². The number of rotatable bonds is 4. The molecule has 0 bridgehead atoms. The summed E-state index contributed by atoms with van der Waals surface area (Å²) < 4.78 is 12.5. The molecule has 0 aliphatic carbocycles. The van der Waals surface area contributed by atoms with Gasteiger partial charge in [0, 0.05) is 12.0 Å². The third-order valence-corrected chi connectivity index (χ3v) is 6.23. The molecule has 5 nitrogen and oxygen atoms in total. The molecule has 2 aromatic carbocycles. The van der Waals surface area contributed by atoms with Crippen LogP contribution in [-0.2, 0) is 4.74 Å². The van der Waals surface area contributed by atoms with Crippen LogP contribution in [0.5, 0.6) is 0 Å². The number of anilines is 1. The van der Waals surface area contributed by atoms with Gasteiger partial charge in [0.15, 0.2) is 10.9 Å². The Hall–Kier alpha value is -2.41. The maximum Gasteiger partial charge on any atom is 0.295 e. The van der Waals surface area contributed by atoms with Crippen molar-refractivity contribution in [3.63, 3.8) is 0 Å². The van der Waals surface area contributed by atoms with Crippen LogP contribution in [0.3, 0.4) is 0 Å². The standard InChI is InChI=1S/C21H17ClN2O3S/c22-15-7-3-9-18-19(15)23-21(28-18)24(12-14-6-4-10-26-14)20(25)17-11-13-5-1-2-8-16(13)27-17/h1-3,5,7-9,11,14H,4,6,10,12H2. The van der Waals surface area contributed by atoms with Crippen LogP contribution in [0.15, 0.2) is 52.9 Å². The van der Waals surface area contributed by atoms with Gasteiger partial charge in [0.2, 0.25) is 0 Å². The van der Waals surface area contributed by atoms with Gasteiger partial charge in [0.1, 0.15) is 11.1 Å². The van der Waals surface area contributed by atoms with Crippen LogP contribution in [0, 0.1) is 0 Å². The predicted octanol–water partition coefficient (Wildman–Crippen LogP) is 5.52. The Bertz CT molecular complexity index is 1130. The van der Waals surface area contributed by atoms with Crippen molar-refractivity contribution in [3.05, 3.63) is 59.3 Å². The highest BCUT2D eigenvalue weighted by Crippen LogP contribution is 2.34. The van der Waals surface area contributed by atoms with Gasteiger partial charge in [0.05, 0.1) is 22.4 Å². The van der Waals surface area contributed by atoms with Gasteiger partial charge in [0.25, 0.3) is 5.91 Å². The number of halogens is 1. The highest BCUT2D eigenvalue weighted by atomic mass is 35.5. The smallest absolute Gasteiger partial charge is 0.295 e. The summed E-state index contributed by atoms with van der Waals surface area (Å²) in [6.45, 7) is 1.16. The number of fused-ring (bicyclic) bond motifs is 2. The van der Waals surface area contributed by atoms with Crippen molar-refractivity contribution in [2.75, 3.05) is 18.1 Å². The molecule has 28 heavy (non-hydrogen) atoms. The summed E-state index contributed by atoms with van der Waals surface area (Å²) in [5.41, 5.74) is 1.40. The van der Waals surface area contributed by atoms with E-state index >= 15 is 0 Å². The van der Waals surface area contributed by atoms with Crippen molar-refractivity contribution in [2.45, 2.75) is 18.9 Å². The molecule has 0 radical (unpaired) electrons. The molecule has 1 atom stereocenters. The fourth-order valence-corrected chi connectivity index (χ4v) is 4.75. The van der Waals surface area contributed by atoms with Crippen molar-refractivity contribution in [1.82, 2.24) is 4.98 Å². The molecule has 1 aliphatic rings. The molecule has 0 spiro atoms. The molecular weight excluding hydrogens is 396 g/mol. The van der Waals surface area contributed by atoms with Gasteiger partial charge in [-0.2, -0.15) is 0 Å². The minimum Gasteiger partial charge on any atom is -0.451 e. The highest BCUT2D eigenvalue weighted by Gasteiger charge is 2.29. The van der Waals surface area contributed by atoms with Crippen LogP contribution < -0.4 is 4.90 Å². The van der Waals surface area contributed by atoms with Crippen LogP contribution in [0.4, 0.5) is 5.13 Å². The molecule has 0 N–H and O–H groups in total. The summed E-state index contributed by atoms with van der Waals surface area (Å²) in [5, 5.41) is 2.08. The number of para-hydroxylation sites is 2. The number of aromatic nitrogens is 1. The Morgan fingerprint density at radius 1 is 1.25 bits per heavy atom. The third-order valence-electron chi connectivity index (χ3n) is 4.88. The number of benzene rings is 2. The van der Waals surface area contributed by atoms with Gasteiger partial charge < -0.3 is 9.15 Å². The lowest BCUT2D eigenvalue weighted by atomic mass is 10.2. The number of carbonyl (C=O) groups is 1. The van der Waals surface area contributed by atoms with Crippen LogP contribution in [0.1, 0.15) is 23.4 Å². The van der Waals surface area contributed by atoms with E-state index in [-0.39, 0.29) is 12.0 Å². The number of carbonyl (C=O) groups excluding carboxylic acids is 1. The second-order valence-electron chi connectivity index (χ2n) is 6.78. The lowest BCUT2D eigenvalue weighted by Crippen LogP contribution is -2.37. The van der Waals surface area contributed by atoms with Crippen LogP contribution in [-0.4, -0.2) is 30.1 Å². The van der Waals surface area contributed by atoms with E-state index in [4.69, 9.17) is 20.8 Å². The predicted molar refractivity (Wildman–Crippen MR) is 111 cm³/mol. The summed E-state index contributed by atoms with van der Waals surface area (Å²) in [5.74, 6) is 0.0754. The number of nitrogens with zero attached hydrogens (tertiary/aromatic N) is 2. The molecule has 2 aromatic heterocycles. The van der Waals surface area contributed by atoms with E-state index in [1.54, 1.807) is 17.0 Å². The number of hydrogen-bond donors (Lipinski definition) is 0. The minimum absolute atomic E-state index is 0.00388. The van der Waals surface area contributed by atoms with E-state index in [9.17, 15) is 4.79 Å². The van der Waals surface area contributed by atoms with Gasteiger partial charge in [-0.05, 0) is 37.1 Å². The average Bonchev–Trinajstić information content (AvgIpc) is 3.44. The first-order valence-corrected chi connectivity index (χ1v) is 10.4. The molecule has 1 amide bonds. The van der Waals surface area contributed by atoms with Gasteiger partial charge in [-0.1, -0.05) is 47.2 Å². The van der Waals surface area contributed by atoms with Crippen molar-refractivity contribution < 1.29 is 13.9 Å². The van der Waals surface area contributed by atoms with Crippen molar-refractivity contribution in [3.8, 4) is 0 Å². The molecule has 7 heteroatoms. The van der Waals surface area contributed by atoms with E-state index in [0.717, 1.165) is 29.5 Å². The number of ether oxygens (including phenoxy) is 1. The highest BCUT2D eigenvalue weighted by molar-refractivity contribution is 7.22. The molecule has 5 rings (SSSR count). The average molecular weight is 413 g/mol.